The molecule has 2 fully saturated rings. The summed E-state index contributed by atoms with van der Waals surface area (Å²) < 4.78 is 82.5. The van der Waals surface area contributed by atoms with Crippen LogP contribution in [0.25, 0.3) is 32.1 Å². The molecule has 2 saturated heterocycles. The van der Waals surface area contributed by atoms with Crippen LogP contribution in [0.3, 0.4) is 0 Å². The summed E-state index contributed by atoms with van der Waals surface area (Å²) in [6, 6.07) is 3.52. The monoisotopic (exact) mass is 685 g/mol. The van der Waals surface area contributed by atoms with Crippen molar-refractivity contribution in [2.45, 2.75) is 51.0 Å². The Balaban J connectivity index is 1.61. The van der Waals surface area contributed by atoms with Crippen LogP contribution in [0.2, 0.25) is 0 Å². The lowest BCUT2D eigenvalue weighted by Crippen LogP contribution is -2.58. The number of carbonyl (C=O) groups is 1. The number of carbonyl (C=O) groups excluding carboxylic acids is 1. The Morgan fingerprint density at radius 2 is 1.98 bits per heavy atom. The highest BCUT2D eigenvalue weighted by Gasteiger charge is 2.40. The van der Waals surface area contributed by atoms with Gasteiger partial charge in [0.2, 0.25) is 5.91 Å². The lowest BCUT2D eigenvalue weighted by Gasteiger charge is -2.44. The minimum absolute atomic E-state index is 0.0116. The van der Waals surface area contributed by atoms with Gasteiger partial charge >= 0.3 is 12.2 Å². The fourth-order valence-electron chi connectivity index (χ4n) is 6.68. The van der Waals surface area contributed by atoms with E-state index in [2.05, 4.69) is 21.4 Å². The van der Waals surface area contributed by atoms with E-state index < -0.39 is 40.5 Å². The van der Waals surface area contributed by atoms with Crippen LogP contribution in [0, 0.1) is 23.0 Å². The van der Waals surface area contributed by atoms with Crippen LogP contribution in [0.5, 0.6) is 6.01 Å². The summed E-state index contributed by atoms with van der Waals surface area (Å²) in [6.07, 6.45) is -2.08. The van der Waals surface area contributed by atoms with E-state index in [1.165, 1.54) is 6.08 Å². The minimum atomic E-state index is -5.09. The molecule has 2 aromatic heterocycles. The standard InChI is InChI=1S/C33H32F5N7O2S/c1-5-24(46)44-13-17(3)45(14-16(44)2)31-20-11-22(33(36,37)38)26(19-8-9-23(34)29-25(19)21(12-39)30(40)48-29)27(35)28(20)41-32(42-31)47-15-18-7-6-10-43(18)4/h5,8-9,11,16-18H,1,6-7,10,13-15,40H2,2-4H3/t16-,17+,18+/m1/s1. The van der Waals surface area contributed by atoms with Crippen molar-refractivity contribution in [1.29, 1.82) is 5.26 Å². The lowest BCUT2D eigenvalue weighted by molar-refractivity contribution is -0.137. The van der Waals surface area contributed by atoms with Gasteiger partial charge in [0.1, 0.15) is 34.8 Å². The van der Waals surface area contributed by atoms with Gasteiger partial charge in [0.05, 0.1) is 15.8 Å². The molecule has 6 rings (SSSR count). The first-order valence-corrected chi connectivity index (χ1v) is 16.1. The highest BCUT2D eigenvalue weighted by molar-refractivity contribution is 7.23. The van der Waals surface area contributed by atoms with E-state index in [1.807, 2.05) is 13.1 Å². The number of nitriles is 1. The minimum Gasteiger partial charge on any atom is -0.462 e. The van der Waals surface area contributed by atoms with Gasteiger partial charge in [0.25, 0.3) is 0 Å². The van der Waals surface area contributed by atoms with Crippen molar-refractivity contribution < 1.29 is 31.5 Å². The number of hydrogen-bond acceptors (Lipinski definition) is 9. The maximum absolute atomic E-state index is 17.0. The zero-order chi connectivity index (χ0) is 34.7. The van der Waals surface area contributed by atoms with Gasteiger partial charge in [0, 0.05) is 47.6 Å². The number of rotatable bonds is 6. The SMILES string of the molecule is C=CC(=O)N1C[C@H](C)N(c2nc(OC[C@@H]3CCCN3C)nc3c(F)c(-c4ccc(F)c5sc(N)c(C#N)c45)c(C(F)(F)F)cc23)C[C@H]1C. The fraction of sp³-hybridized carbons (Fsp3) is 0.394. The number of nitrogen functional groups attached to an aromatic ring is 1. The van der Waals surface area contributed by atoms with Gasteiger partial charge in [-0.15, -0.1) is 11.3 Å². The number of amides is 1. The van der Waals surface area contributed by atoms with Crippen LogP contribution in [0.15, 0.2) is 30.9 Å². The molecule has 4 aromatic rings. The summed E-state index contributed by atoms with van der Waals surface area (Å²) in [5.41, 5.74) is 2.64. The van der Waals surface area contributed by atoms with Crippen molar-refractivity contribution in [1.82, 2.24) is 19.8 Å². The van der Waals surface area contributed by atoms with Crippen LogP contribution < -0.4 is 15.4 Å². The number of likely N-dealkylation sites (tertiary alicyclic amines) is 1. The largest absolute Gasteiger partial charge is 0.462 e. The zero-order valence-corrected chi connectivity index (χ0v) is 27.2. The number of anilines is 2. The zero-order valence-electron chi connectivity index (χ0n) is 26.4. The molecule has 0 radical (unpaired) electrons. The number of piperazine rings is 1. The Bertz CT molecular complexity index is 1990. The van der Waals surface area contributed by atoms with Gasteiger partial charge in [-0.3, -0.25) is 4.79 Å². The second-order valence-electron chi connectivity index (χ2n) is 12.2. The molecule has 4 heterocycles. The maximum Gasteiger partial charge on any atom is 0.417 e. The second kappa shape index (κ2) is 12.5. The van der Waals surface area contributed by atoms with Gasteiger partial charge in [0.15, 0.2) is 5.82 Å². The first-order valence-electron chi connectivity index (χ1n) is 15.3. The predicted octanol–water partition coefficient (Wildman–Crippen LogP) is 6.35. The molecule has 0 saturated carbocycles. The average Bonchev–Trinajstić information content (AvgIpc) is 3.62. The summed E-state index contributed by atoms with van der Waals surface area (Å²) in [6.45, 7) is 8.53. The van der Waals surface area contributed by atoms with E-state index in [1.54, 1.807) is 23.6 Å². The third-order valence-corrected chi connectivity index (χ3v) is 10.2. The van der Waals surface area contributed by atoms with Crippen LogP contribution >= 0.6 is 11.3 Å². The highest BCUT2D eigenvalue weighted by Crippen LogP contribution is 2.48. The van der Waals surface area contributed by atoms with Crippen molar-refractivity contribution in [2.24, 2.45) is 0 Å². The summed E-state index contributed by atoms with van der Waals surface area (Å²) >= 11 is 0.694. The van der Waals surface area contributed by atoms with Crippen molar-refractivity contribution >= 4 is 49.1 Å². The Morgan fingerprint density at radius 3 is 2.62 bits per heavy atom. The number of nitrogens with two attached hydrogens (primary N) is 1. The Hall–Kier alpha value is -4.55. The summed E-state index contributed by atoms with van der Waals surface area (Å²) in [4.78, 5) is 26.8. The number of thiophene rings is 1. The van der Waals surface area contributed by atoms with Gasteiger partial charge in [-0.05, 0) is 64.1 Å². The third kappa shape index (κ3) is 5.66. The van der Waals surface area contributed by atoms with E-state index in [0.29, 0.717) is 11.3 Å². The Labute approximate surface area is 277 Å². The molecule has 3 atom stereocenters. The van der Waals surface area contributed by atoms with Crippen LogP contribution in [0.1, 0.15) is 37.8 Å². The van der Waals surface area contributed by atoms with Crippen molar-refractivity contribution in [3.05, 3.63) is 53.6 Å². The lowest BCUT2D eigenvalue weighted by atomic mass is 9.92. The Kier molecular flexibility index (Phi) is 8.67. The molecule has 0 spiro atoms. The number of ether oxygens (including phenoxy) is 1. The van der Waals surface area contributed by atoms with E-state index in [9.17, 15) is 27.6 Å². The van der Waals surface area contributed by atoms with Gasteiger partial charge in [-0.2, -0.15) is 28.4 Å². The topological polar surface area (TPSA) is 112 Å². The number of hydrogen-bond donors (Lipinski definition) is 1. The number of likely N-dealkylation sites (N-methyl/N-ethyl adjacent to an activating group) is 1. The van der Waals surface area contributed by atoms with Crippen molar-refractivity contribution in [3.63, 3.8) is 0 Å². The van der Waals surface area contributed by atoms with Crippen molar-refractivity contribution in [3.8, 4) is 23.2 Å². The number of nitrogens with zero attached hydrogens (tertiary/aromatic N) is 6. The normalized spacial score (nSPS) is 20.4. The number of benzene rings is 2. The summed E-state index contributed by atoms with van der Waals surface area (Å²) in [5, 5.41) is 9.25. The predicted molar refractivity (Wildman–Crippen MR) is 174 cm³/mol. The van der Waals surface area contributed by atoms with E-state index in [0.717, 1.165) is 37.6 Å². The molecule has 9 nitrogen and oxygen atoms in total. The molecule has 2 aliphatic heterocycles. The fourth-order valence-corrected chi connectivity index (χ4v) is 7.63. The van der Waals surface area contributed by atoms with E-state index in [-0.39, 0.29) is 81.1 Å². The van der Waals surface area contributed by atoms with Crippen molar-refractivity contribution in [2.75, 3.05) is 43.9 Å². The van der Waals surface area contributed by atoms with Crippen LogP contribution in [-0.2, 0) is 11.0 Å². The molecule has 1 amide bonds. The number of fused-ring (bicyclic) bond motifs is 2. The molecular formula is C33H32F5N7O2S. The molecular weight excluding hydrogens is 653 g/mol. The number of halogens is 5. The van der Waals surface area contributed by atoms with Gasteiger partial charge < -0.3 is 25.2 Å². The number of aromatic nitrogens is 2. The molecule has 2 aromatic carbocycles. The van der Waals surface area contributed by atoms with E-state index in [4.69, 9.17) is 10.5 Å². The smallest absolute Gasteiger partial charge is 0.417 e. The molecule has 2 aliphatic rings. The van der Waals surface area contributed by atoms with Gasteiger partial charge in [-0.1, -0.05) is 12.6 Å². The molecule has 0 unspecified atom stereocenters. The Morgan fingerprint density at radius 1 is 1.23 bits per heavy atom. The first kappa shape index (κ1) is 33.4. The second-order valence-corrected chi connectivity index (χ2v) is 13.3. The third-order valence-electron chi connectivity index (χ3n) is 9.19. The van der Waals surface area contributed by atoms with E-state index >= 15 is 4.39 Å². The molecule has 252 valence electrons. The summed E-state index contributed by atoms with van der Waals surface area (Å²) in [5.74, 6) is -2.43. The molecule has 0 aliphatic carbocycles. The quantitative estimate of drug-likeness (QED) is 0.185. The van der Waals surface area contributed by atoms with Crippen LogP contribution in [-0.4, -0.2) is 77.1 Å². The molecule has 48 heavy (non-hydrogen) atoms. The molecule has 2 N–H and O–H groups in total. The average molecular weight is 686 g/mol. The summed E-state index contributed by atoms with van der Waals surface area (Å²) in [7, 11) is 1.95. The molecule has 15 heteroatoms. The van der Waals surface area contributed by atoms with Gasteiger partial charge in [-0.25, -0.2) is 8.78 Å². The highest BCUT2D eigenvalue weighted by atomic mass is 32.1. The first-order chi connectivity index (χ1) is 22.7. The number of alkyl halides is 3. The maximum atomic E-state index is 17.0. The van der Waals surface area contributed by atoms with Crippen LogP contribution in [0.4, 0.5) is 32.8 Å². The molecule has 0 bridgehead atoms.